The molecule has 0 unspecified atom stereocenters. The number of aromatic carboxylic acids is 1. The van der Waals surface area contributed by atoms with Gasteiger partial charge in [-0.05, 0) is 33.1 Å². The summed E-state index contributed by atoms with van der Waals surface area (Å²) in [6.45, 7) is 4.31. The number of carboxylic acid groups (broad SMARTS) is 1. The van der Waals surface area contributed by atoms with E-state index < -0.39 is 5.97 Å². The lowest BCUT2D eigenvalue weighted by atomic mass is 10.3. The Hall–Kier alpha value is -1.34. The molecule has 21 heavy (non-hydrogen) atoms. The molecule has 1 aromatic heterocycles. The fourth-order valence-corrected chi connectivity index (χ4v) is 4.18. The smallest absolute Gasteiger partial charge is 0.347 e. The molecule has 1 aliphatic carbocycles. The first-order valence-corrected chi connectivity index (χ1v) is 8.66. The molecule has 0 spiro atoms. The third kappa shape index (κ3) is 3.85. The molecule has 5 nitrogen and oxygen atoms in total. The van der Waals surface area contributed by atoms with Gasteiger partial charge in [-0.15, -0.1) is 11.3 Å². The number of rotatable bonds is 6. The van der Waals surface area contributed by atoms with Crippen LogP contribution in [0.3, 0.4) is 0 Å². The number of hydrogen-bond acceptors (Lipinski definition) is 5. The standard InChI is InChI=1S/C14H18N2O3S2/c1-3-16(10-6-4-5-7-10)11(17)8-20-14-15-9(2)12(21-14)13(18)19/h6H,3-5,7-8H2,1-2H3,(H,18,19). The molecule has 0 bridgehead atoms. The quantitative estimate of drug-likeness (QED) is 0.813. The summed E-state index contributed by atoms with van der Waals surface area (Å²) in [5, 5.41) is 9.00. The molecule has 1 aromatic rings. The summed E-state index contributed by atoms with van der Waals surface area (Å²) in [5.74, 6) is -0.619. The number of nitrogens with zero attached hydrogens (tertiary/aromatic N) is 2. The maximum absolute atomic E-state index is 12.3. The highest BCUT2D eigenvalue weighted by atomic mass is 32.2. The van der Waals surface area contributed by atoms with Crippen molar-refractivity contribution in [1.82, 2.24) is 9.88 Å². The number of aryl methyl sites for hydroxylation is 1. The van der Waals surface area contributed by atoms with Crippen molar-refractivity contribution in [3.8, 4) is 0 Å². The van der Waals surface area contributed by atoms with E-state index in [1.807, 2.05) is 11.8 Å². The minimum atomic E-state index is -0.963. The summed E-state index contributed by atoms with van der Waals surface area (Å²) in [7, 11) is 0. The molecule has 7 heteroatoms. The summed E-state index contributed by atoms with van der Waals surface area (Å²) in [6.07, 6.45) is 5.24. The van der Waals surface area contributed by atoms with Crippen LogP contribution in [0.1, 0.15) is 41.6 Å². The third-order valence-corrected chi connectivity index (χ3v) is 5.54. The fourth-order valence-electron chi connectivity index (χ4n) is 2.27. The Balaban J connectivity index is 1.97. The summed E-state index contributed by atoms with van der Waals surface area (Å²) in [5.41, 5.74) is 1.62. The number of thioether (sulfide) groups is 1. The summed E-state index contributed by atoms with van der Waals surface area (Å²) < 4.78 is 0.634. The van der Waals surface area contributed by atoms with E-state index in [4.69, 9.17) is 5.11 Å². The van der Waals surface area contributed by atoms with Gasteiger partial charge in [0, 0.05) is 12.2 Å². The van der Waals surface area contributed by atoms with Gasteiger partial charge in [0.2, 0.25) is 5.91 Å². The molecule has 0 saturated heterocycles. The lowest BCUT2D eigenvalue weighted by molar-refractivity contribution is -0.126. The van der Waals surface area contributed by atoms with Crippen LogP contribution in [0.25, 0.3) is 0 Å². The average molecular weight is 326 g/mol. The van der Waals surface area contributed by atoms with Crippen molar-refractivity contribution in [3.05, 3.63) is 22.3 Å². The van der Waals surface area contributed by atoms with Gasteiger partial charge in [0.1, 0.15) is 4.88 Å². The zero-order valence-corrected chi connectivity index (χ0v) is 13.7. The number of carbonyl (C=O) groups excluding carboxylic acids is 1. The van der Waals surface area contributed by atoms with Crippen LogP contribution in [0.2, 0.25) is 0 Å². The van der Waals surface area contributed by atoms with Crippen molar-refractivity contribution < 1.29 is 14.7 Å². The molecule has 1 aliphatic rings. The first kappa shape index (κ1) is 16.0. The van der Waals surface area contributed by atoms with E-state index in [2.05, 4.69) is 11.1 Å². The van der Waals surface area contributed by atoms with Crippen molar-refractivity contribution in [2.45, 2.75) is 37.4 Å². The first-order valence-electron chi connectivity index (χ1n) is 6.85. The van der Waals surface area contributed by atoms with E-state index in [9.17, 15) is 9.59 Å². The summed E-state index contributed by atoms with van der Waals surface area (Å²) in [6, 6.07) is 0. The van der Waals surface area contributed by atoms with Crippen molar-refractivity contribution in [3.63, 3.8) is 0 Å². The van der Waals surface area contributed by atoms with E-state index >= 15 is 0 Å². The Bertz CT molecular complexity index is 581. The van der Waals surface area contributed by atoms with Crippen LogP contribution in [0.15, 0.2) is 16.1 Å². The number of carbonyl (C=O) groups is 2. The van der Waals surface area contributed by atoms with Gasteiger partial charge >= 0.3 is 5.97 Å². The summed E-state index contributed by atoms with van der Waals surface area (Å²) >= 11 is 2.44. The topological polar surface area (TPSA) is 70.5 Å². The fraction of sp³-hybridized carbons (Fsp3) is 0.500. The highest BCUT2D eigenvalue weighted by molar-refractivity contribution is 8.01. The summed E-state index contributed by atoms with van der Waals surface area (Å²) in [4.78, 5) is 29.5. The van der Waals surface area contributed by atoms with Gasteiger partial charge < -0.3 is 10.0 Å². The highest BCUT2D eigenvalue weighted by Crippen LogP contribution is 2.28. The molecule has 0 atom stereocenters. The van der Waals surface area contributed by atoms with Crippen molar-refractivity contribution in [1.29, 1.82) is 0 Å². The van der Waals surface area contributed by atoms with Crippen LogP contribution in [0.4, 0.5) is 0 Å². The van der Waals surface area contributed by atoms with Crippen LogP contribution in [-0.2, 0) is 4.79 Å². The number of allylic oxidation sites excluding steroid dienone is 2. The Morgan fingerprint density at radius 3 is 2.81 bits per heavy atom. The van der Waals surface area contributed by atoms with Crippen LogP contribution in [0.5, 0.6) is 0 Å². The maximum atomic E-state index is 12.3. The van der Waals surface area contributed by atoms with Gasteiger partial charge in [0.05, 0.1) is 11.4 Å². The van der Waals surface area contributed by atoms with E-state index in [1.54, 1.807) is 6.92 Å². The number of amides is 1. The second kappa shape index (κ2) is 7.09. The predicted molar refractivity (Wildman–Crippen MR) is 83.9 cm³/mol. The highest BCUT2D eigenvalue weighted by Gasteiger charge is 2.20. The number of aromatic nitrogens is 1. The monoisotopic (exact) mass is 326 g/mol. The molecular weight excluding hydrogens is 308 g/mol. The Labute approximate surface area is 132 Å². The molecule has 114 valence electrons. The van der Waals surface area contributed by atoms with Gasteiger partial charge in [0.15, 0.2) is 4.34 Å². The molecule has 1 N–H and O–H groups in total. The second-order valence-electron chi connectivity index (χ2n) is 4.71. The number of hydrogen-bond donors (Lipinski definition) is 1. The first-order chi connectivity index (χ1) is 10.0. The normalized spacial score (nSPS) is 14.1. The second-order valence-corrected chi connectivity index (χ2v) is 6.94. The minimum Gasteiger partial charge on any atom is -0.477 e. The van der Waals surface area contributed by atoms with Crippen molar-refractivity contribution >= 4 is 35.0 Å². The molecule has 2 rings (SSSR count). The Kier molecular flexibility index (Phi) is 5.41. The SMILES string of the molecule is CCN(C(=O)CSc1nc(C)c(C(=O)O)s1)C1=CCCC1. The Morgan fingerprint density at radius 1 is 1.52 bits per heavy atom. The van der Waals surface area contributed by atoms with E-state index in [0.717, 1.165) is 36.3 Å². The average Bonchev–Trinajstić information content (AvgIpc) is 3.07. The van der Waals surface area contributed by atoms with Crippen LogP contribution < -0.4 is 0 Å². The molecule has 0 saturated carbocycles. The van der Waals surface area contributed by atoms with E-state index in [0.29, 0.717) is 16.6 Å². The van der Waals surface area contributed by atoms with E-state index in [-0.39, 0.29) is 16.5 Å². The molecular formula is C14H18N2O3S2. The van der Waals surface area contributed by atoms with Gasteiger partial charge in [0.25, 0.3) is 0 Å². The van der Waals surface area contributed by atoms with Crippen LogP contribution >= 0.6 is 23.1 Å². The molecule has 0 aliphatic heterocycles. The number of carboxylic acids is 1. The lowest BCUT2D eigenvalue weighted by Gasteiger charge is -2.21. The Morgan fingerprint density at radius 2 is 2.29 bits per heavy atom. The van der Waals surface area contributed by atoms with Crippen molar-refractivity contribution in [2.24, 2.45) is 0 Å². The maximum Gasteiger partial charge on any atom is 0.347 e. The van der Waals surface area contributed by atoms with E-state index in [1.165, 1.54) is 11.8 Å². The van der Waals surface area contributed by atoms with Gasteiger partial charge in [-0.2, -0.15) is 0 Å². The van der Waals surface area contributed by atoms with Gasteiger partial charge in [-0.1, -0.05) is 17.8 Å². The largest absolute Gasteiger partial charge is 0.477 e. The molecule has 1 amide bonds. The van der Waals surface area contributed by atoms with Crippen LogP contribution in [0, 0.1) is 6.92 Å². The number of thiazole rings is 1. The predicted octanol–water partition coefficient (Wildman–Crippen LogP) is 3.16. The van der Waals surface area contributed by atoms with Gasteiger partial charge in [-0.25, -0.2) is 9.78 Å². The minimum absolute atomic E-state index is 0.0559. The third-order valence-electron chi connectivity index (χ3n) is 3.27. The zero-order chi connectivity index (χ0) is 15.4. The lowest BCUT2D eigenvalue weighted by Crippen LogP contribution is -2.31. The zero-order valence-electron chi connectivity index (χ0n) is 12.1. The molecule has 0 radical (unpaired) electrons. The van der Waals surface area contributed by atoms with Crippen LogP contribution in [-0.4, -0.2) is 39.2 Å². The molecule has 0 aromatic carbocycles. The molecule has 0 fully saturated rings. The van der Waals surface area contributed by atoms with Crippen molar-refractivity contribution in [2.75, 3.05) is 12.3 Å². The van der Waals surface area contributed by atoms with Gasteiger partial charge in [-0.3, -0.25) is 4.79 Å². The molecule has 1 heterocycles.